The maximum absolute atomic E-state index is 14.3. The first-order valence-corrected chi connectivity index (χ1v) is 9.06. The standard InChI is InChI=1S/C19H18FN3O3S/c1-19(2,3)26-18(24)23-15-5-4-12(8-14(15)20)25-13-6-7-21-16(9-13)17-10-27-11-22-17/h4-11H,1-3H3,(H,23,24). The number of carbonyl (C=O) groups excluding carboxylic acids is 1. The summed E-state index contributed by atoms with van der Waals surface area (Å²) in [6.07, 6.45) is 0.871. The van der Waals surface area contributed by atoms with E-state index in [1.54, 1.807) is 50.7 Å². The zero-order valence-electron chi connectivity index (χ0n) is 15.0. The highest BCUT2D eigenvalue weighted by Gasteiger charge is 2.17. The number of hydrogen-bond donors (Lipinski definition) is 1. The molecule has 27 heavy (non-hydrogen) atoms. The fourth-order valence-electron chi connectivity index (χ4n) is 2.16. The molecule has 0 bridgehead atoms. The summed E-state index contributed by atoms with van der Waals surface area (Å²) >= 11 is 1.47. The van der Waals surface area contributed by atoms with Gasteiger partial charge in [-0.1, -0.05) is 0 Å². The Hall–Kier alpha value is -3.00. The average Bonchev–Trinajstić information content (AvgIpc) is 3.10. The van der Waals surface area contributed by atoms with Crippen LogP contribution in [0.5, 0.6) is 11.5 Å². The number of carbonyl (C=O) groups is 1. The largest absolute Gasteiger partial charge is 0.457 e. The summed E-state index contributed by atoms with van der Waals surface area (Å²) in [5, 5.41) is 4.25. The molecular formula is C19H18FN3O3S. The highest BCUT2D eigenvalue weighted by molar-refractivity contribution is 7.07. The molecule has 2 aromatic heterocycles. The predicted octanol–water partition coefficient (Wildman–Crippen LogP) is 5.48. The fourth-order valence-corrected chi connectivity index (χ4v) is 2.71. The number of anilines is 1. The van der Waals surface area contributed by atoms with Gasteiger partial charge >= 0.3 is 6.09 Å². The van der Waals surface area contributed by atoms with Crippen LogP contribution in [0, 0.1) is 5.82 Å². The van der Waals surface area contributed by atoms with Crippen LogP contribution in [0.2, 0.25) is 0 Å². The number of nitrogens with zero attached hydrogens (tertiary/aromatic N) is 2. The van der Waals surface area contributed by atoms with Gasteiger partial charge in [0.25, 0.3) is 0 Å². The van der Waals surface area contributed by atoms with E-state index in [0.717, 1.165) is 5.69 Å². The van der Waals surface area contributed by atoms with E-state index in [-0.39, 0.29) is 11.4 Å². The van der Waals surface area contributed by atoms with E-state index >= 15 is 0 Å². The third kappa shape index (κ3) is 5.24. The van der Waals surface area contributed by atoms with Gasteiger partial charge in [-0.05, 0) is 39.0 Å². The molecule has 0 unspecified atom stereocenters. The summed E-state index contributed by atoms with van der Waals surface area (Å²) < 4.78 is 25.1. The molecule has 1 aromatic carbocycles. The van der Waals surface area contributed by atoms with Gasteiger partial charge in [0.15, 0.2) is 5.82 Å². The van der Waals surface area contributed by atoms with Gasteiger partial charge in [-0.25, -0.2) is 14.2 Å². The number of benzene rings is 1. The predicted molar refractivity (Wildman–Crippen MR) is 102 cm³/mol. The number of ether oxygens (including phenoxy) is 2. The topological polar surface area (TPSA) is 73.3 Å². The van der Waals surface area contributed by atoms with Crippen molar-refractivity contribution in [3.8, 4) is 22.9 Å². The van der Waals surface area contributed by atoms with Gasteiger partial charge in [-0.3, -0.25) is 10.3 Å². The van der Waals surface area contributed by atoms with Gasteiger partial charge in [-0.2, -0.15) is 0 Å². The molecule has 1 amide bonds. The summed E-state index contributed by atoms with van der Waals surface area (Å²) in [4.78, 5) is 20.2. The molecule has 3 rings (SSSR count). The van der Waals surface area contributed by atoms with Crippen molar-refractivity contribution in [1.82, 2.24) is 9.97 Å². The number of rotatable bonds is 4. The Morgan fingerprint density at radius 2 is 1.89 bits per heavy atom. The van der Waals surface area contributed by atoms with Crippen LogP contribution in [0.25, 0.3) is 11.4 Å². The first kappa shape index (κ1) is 18.8. The fraction of sp³-hybridized carbons (Fsp3) is 0.211. The summed E-state index contributed by atoms with van der Waals surface area (Å²) in [7, 11) is 0. The summed E-state index contributed by atoms with van der Waals surface area (Å²) in [6.45, 7) is 5.19. The van der Waals surface area contributed by atoms with Crippen LogP contribution in [-0.4, -0.2) is 21.7 Å². The molecule has 0 spiro atoms. The van der Waals surface area contributed by atoms with Crippen LogP contribution >= 0.6 is 11.3 Å². The summed E-state index contributed by atoms with van der Waals surface area (Å²) in [5.41, 5.74) is 2.47. The molecule has 0 aliphatic rings. The molecule has 0 radical (unpaired) electrons. The summed E-state index contributed by atoms with van der Waals surface area (Å²) in [6, 6.07) is 7.55. The van der Waals surface area contributed by atoms with Crippen LogP contribution < -0.4 is 10.1 Å². The Morgan fingerprint density at radius 1 is 1.11 bits per heavy atom. The van der Waals surface area contributed by atoms with Crippen molar-refractivity contribution in [2.75, 3.05) is 5.32 Å². The van der Waals surface area contributed by atoms with Crippen molar-refractivity contribution in [3.63, 3.8) is 0 Å². The molecule has 6 nitrogen and oxygen atoms in total. The number of hydrogen-bond acceptors (Lipinski definition) is 6. The highest BCUT2D eigenvalue weighted by Crippen LogP contribution is 2.28. The number of amides is 1. The molecule has 1 N–H and O–H groups in total. The van der Waals surface area contributed by atoms with E-state index < -0.39 is 17.5 Å². The van der Waals surface area contributed by atoms with E-state index in [9.17, 15) is 9.18 Å². The van der Waals surface area contributed by atoms with Crippen LogP contribution in [0.3, 0.4) is 0 Å². The van der Waals surface area contributed by atoms with Crippen LogP contribution in [-0.2, 0) is 4.74 Å². The molecule has 140 valence electrons. The van der Waals surface area contributed by atoms with Gasteiger partial charge in [-0.15, -0.1) is 11.3 Å². The zero-order valence-corrected chi connectivity index (χ0v) is 15.8. The lowest BCUT2D eigenvalue weighted by atomic mass is 10.2. The maximum Gasteiger partial charge on any atom is 0.412 e. The summed E-state index contributed by atoms with van der Waals surface area (Å²) in [5.74, 6) is 0.157. The number of pyridine rings is 1. The van der Waals surface area contributed by atoms with E-state index in [4.69, 9.17) is 9.47 Å². The minimum Gasteiger partial charge on any atom is -0.457 e. The van der Waals surface area contributed by atoms with Crippen molar-refractivity contribution in [3.05, 3.63) is 53.2 Å². The monoisotopic (exact) mass is 387 g/mol. The van der Waals surface area contributed by atoms with Gasteiger partial charge in [0.2, 0.25) is 0 Å². The van der Waals surface area contributed by atoms with E-state index in [0.29, 0.717) is 11.4 Å². The number of nitrogens with one attached hydrogen (secondary N) is 1. The molecule has 3 aromatic rings. The first-order valence-electron chi connectivity index (χ1n) is 8.12. The Morgan fingerprint density at radius 3 is 2.56 bits per heavy atom. The minimum absolute atomic E-state index is 0.00879. The first-order chi connectivity index (χ1) is 12.8. The quantitative estimate of drug-likeness (QED) is 0.641. The van der Waals surface area contributed by atoms with Crippen molar-refractivity contribution >= 4 is 23.1 Å². The lowest BCUT2D eigenvalue weighted by Crippen LogP contribution is -2.27. The van der Waals surface area contributed by atoms with Crippen molar-refractivity contribution in [1.29, 1.82) is 0 Å². The maximum atomic E-state index is 14.3. The molecule has 8 heteroatoms. The number of thiazole rings is 1. The second-order valence-corrected chi connectivity index (χ2v) is 7.34. The average molecular weight is 387 g/mol. The van der Waals surface area contributed by atoms with Crippen molar-refractivity contribution in [2.45, 2.75) is 26.4 Å². The number of halogens is 1. The molecule has 0 aliphatic heterocycles. The molecule has 0 saturated heterocycles. The molecule has 0 aliphatic carbocycles. The van der Waals surface area contributed by atoms with Gasteiger partial charge in [0, 0.05) is 23.7 Å². The van der Waals surface area contributed by atoms with E-state index in [1.165, 1.54) is 23.5 Å². The molecular weight excluding hydrogens is 369 g/mol. The lowest BCUT2D eigenvalue weighted by Gasteiger charge is -2.19. The van der Waals surface area contributed by atoms with Crippen molar-refractivity contribution in [2.24, 2.45) is 0 Å². The second-order valence-electron chi connectivity index (χ2n) is 6.62. The van der Waals surface area contributed by atoms with Gasteiger partial charge < -0.3 is 9.47 Å². The smallest absolute Gasteiger partial charge is 0.412 e. The lowest BCUT2D eigenvalue weighted by molar-refractivity contribution is 0.0635. The van der Waals surface area contributed by atoms with E-state index in [2.05, 4.69) is 15.3 Å². The molecule has 0 atom stereocenters. The minimum atomic E-state index is -0.725. The zero-order chi connectivity index (χ0) is 19.4. The molecule has 0 saturated carbocycles. The van der Waals surface area contributed by atoms with Gasteiger partial charge in [0.05, 0.1) is 22.6 Å². The van der Waals surface area contributed by atoms with Crippen molar-refractivity contribution < 1.29 is 18.7 Å². The second kappa shape index (κ2) is 7.71. The Balaban J connectivity index is 1.71. The highest BCUT2D eigenvalue weighted by atomic mass is 32.1. The van der Waals surface area contributed by atoms with Crippen LogP contribution in [0.1, 0.15) is 20.8 Å². The van der Waals surface area contributed by atoms with E-state index in [1.807, 2.05) is 5.38 Å². The molecule has 0 fully saturated rings. The van der Waals surface area contributed by atoms with Crippen LogP contribution in [0.4, 0.5) is 14.9 Å². The Bertz CT molecular complexity index is 940. The van der Waals surface area contributed by atoms with Gasteiger partial charge in [0.1, 0.15) is 17.1 Å². The molecule has 2 heterocycles. The Labute approximate surface area is 160 Å². The third-order valence-corrected chi connectivity index (χ3v) is 3.82. The van der Waals surface area contributed by atoms with Crippen LogP contribution in [0.15, 0.2) is 47.4 Å². The number of aromatic nitrogens is 2. The third-order valence-electron chi connectivity index (χ3n) is 3.24. The Kier molecular flexibility index (Phi) is 5.36. The SMILES string of the molecule is CC(C)(C)OC(=O)Nc1ccc(Oc2ccnc(-c3cscn3)c2)cc1F. The normalized spacial score (nSPS) is 11.1.